The molecule has 0 radical (unpaired) electrons. The van der Waals surface area contributed by atoms with Crippen molar-refractivity contribution in [1.82, 2.24) is 9.78 Å². The summed E-state index contributed by atoms with van der Waals surface area (Å²) in [5.74, 6) is -0.0783. The van der Waals surface area contributed by atoms with Gasteiger partial charge in [0.25, 0.3) is 0 Å². The zero-order valence-corrected chi connectivity index (χ0v) is 10.5. The third-order valence-electron chi connectivity index (χ3n) is 3.56. The van der Waals surface area contributed by atoms with Crippen LogP contribution < -0.4 is 0 Å². The molecule has 1 fully saturated rings. The van der Waals surface area contributed by atoms with Crippen molar-refractivity contribution in [3.63, 3.8) is 0 Å². The van der Waals surface area contributed by atoms with Crippen molar-refractivity contribution >= 4 is 5.97 Å². The van der Waals surface area contributed by atoms with Gasteiger partial charge >= 0.3 is 5.97 Å². The third kappa shape index (κ3) is 2.68. The van der Waals surface area contributed by atoms with Crippen LogP contribution in [0.2, 0.25) is 0 Å². The highest BCUT2D eigenvalue weighted by Crippen LogP contribution is 2.32. The summed E-state index contributed by atoms with van der Waals surface area (Å²) in [6.07, 6.45) is 7.64. The summed E-state index contributed by atoms with van der Waals surface area (Å²) in [5.41, 5.74) is 0. The van der Waals surface area contributed by atoms with Gasteiger partial charge in [-0.05, 0) is 31.7 Å². The first-order chi connectivity index (χ1) is 8.22. The van der Waals surface area contributed by atoms with Gasteiger partial charge in [0.1, 0.15) is 6.10 Å². The molecule has 4 heteroatoms. The summed E-state index contributed by atoms with van der Waals surface area (Å²) in [4.78, 5) is 11.8. The average Bonchev–Trinajstić information content (AvgIpc) is 2.97. The smallest absolute Gasteiger partial charge is 0.308 e. The third-order valence-corrected chi connectivity index (χ3v) is 3.56. The first kappa shape index (κ1) is 12.1. The van der Waals surface area contributed by atoms with Gasteiger partial charge in [-0.15, -0.1) is 0 Å². The quantitative estimate of drug-likeness (QED) is 0.755. The normalized spacial score (nSPS) is 25.8. The number of ether oxygens (including phenoxy) is 1. The van der Waals surface area contributed by atoms with Gasteiger partial charge in [-0.3, -0.25) is 9.48 Å². The Morgan fingerprint density at radius 2 is 2.41 bits per heavy atom. The molecule has 3 atom stereocenters. The Labute approximate surface area is 102 Å². The van der Waals surface area contributed by atoms with Gasteiger partial charge in [-0.2, -0.15) is 5.10 Å². The highest BCUT2D eigenvalue weighted by atomic mass is 16.5. The first-order valence-electron chi connectivity index (χ1n) is 6.42. The van der Waals surface area contributed by atoms with Crippen LogP contribution in [-0.4, -0.2) is 21.9 Å². The van der Waals surface area contributed by atoms with E-state index in [1.54, 1.807) is 6.20 Å². The van der Waals surface area contributed by atoms with Crippen LogP contribution in [0.5, 0.6) is 0 Å². The van der Waals surface area contributed by atoms with E-state index in [2.05, 4.69) is 5.10 Å². The minimum atomic E-state index is -0.0726. The molecule has 0 N–H and O–H groups in total. The van der Waals surface area contributed by atoms with Crippen LogP contribution >= 0.6 is 0 Å². The maximum Gasteiger partial charge on any atom is 0.308 e. The van der Waals surface area contributed by atoms with E-state index in [0.717, 1.165) is 25.7 Å². The molecule has 1 saturated carbocycles. The summed E-state index contributed by atoms with van der Waals surface area (Å²) < 4.78 is 7.52. The maximum atomic E-state index is 11.8. The van der Waals surface area contributed by atoms with E-state index in [1.165, 1.54) is 0 Å². The summed E-state index contributed by atoms with van der Waals surface area (Å²) in [7, 11) is 0. The second-order valence-corrected chi connectivity index (χ2v) is 4.77. The summed E-state index contributed by atoms with van der Waals surface area (Å²) in [6.45, 7) is 3.92. The first-order valence-corrected chi connectivity index (χ1v) is 6.42. The molecule has 1 heterocycles. The number of esters is 1. The molecule has 2 rings (SSSR count). The van der Waals surface area contributed by atoms with Crippen molar-refractivity contribution in [3.8, 4) is 0 Å². The minimum absolute atomic E-state index is 0.00333. The minimum Gasteiger partial charge on any atom is -0.460 e. The second-order valence-electron chi connectivity index (χ2n) is 4.77. The van der Waals surface area contributed by atoms with Crippen molar-refractivity contribution < 1.29 is 9.53 Å². The molecule has 1 aliphatic rings. The number of carbonyl (C=O) groups is 1. The van der Waals surface area contributed by atoms with E-state index in [1.807, 2.05) is 30.8 Å². The summed E-state index contributed by atoms with van der Waals surface area (Å²) in [5, 5.41) is 4.25. The Morgan fingerprint density at radius 1 is 1.59 bits per heavy atom. The maximum absolute atomic E-state index is 11.8. The fourth-order valence-electron chi connectivity index (χ4n) is 2.26. The van der Waals surface area contributed by atoms with Crippen molar-refractivity contribution in [2.75, 3.05) is 0 Å². The lowest BCUT2D eigenvalue weighted by atomic mass is 10.1. The molecule has 94 valence electrons. The molecule has 1 aliphatic carbocycles. The van der Waals surface area contributed by atoms with Crippen LogP contribution in [0.25, 0.3) is 0 Å². The van der Waals surface area contributed by atoms with Crippen molar-refractivity contribution in [2.45, 2.75) is 51.7 Å². The van der Waals surface area contributed by atoms with E-state index < -0.39 is 0 Å². The Kier molecular flexibility index (Phi) is 3.82. The highest BCUT2D eigenvalue weighted by molar-refractivity contribution is 5.72. The Morgan fingerprint density at radius 3 is 3.06 bits per heavy atom. The molecule has 4 nitrogen and oxygen atoms in total. The monoisotopic (exact) mass is 236 g/mol. The number of nitrogens with zero attached hydrogens (tertiary/aromatic N) is 2. The second kappa shape index (κ2) is 5.34. The molecule has 0 bridgehead atoms. The van der Waals surface area contributed by atoms with Crippen LogP contribution in [0.15, 0.2) is 18.5 Å². The highest BCUT2D eigenvalue weighted by Gasteiger charge is 2.32. The number of rotatable bonds is 4. The molecule has 1 unspecified atom stereocenters. The van der Waals surface area contributed by atoms with E-state index in [-0.39, 0.29) is 24.0 Å². The predicted octanol–water partition coefficient (Wildman–Crippen LogP) is 2.57. The molecular weight excluding hydrogens is 216 g/mol. The predicted molar refractivity (Wildman–Crippen MR) is 64.5 cm³/mol. The molecule has 1 aromatic rings. The zero-order valence-electron chi connectivity index (χ0n) is 10.5. The van der Waals surface area contributed by atoms with Gasteiger partial charge in [-0.1, -0.05) is 13.8 Å². The van der Waals surface area contributed by atoms with Crippen LogP contribution in [0.3, 0.4) is 0 Å². The molecule has 0 saturated heterocycles. The Hall–Kier alpha value is -1.32. The lowest BCUT2D eigenvalue weighted by Gasteiger charge is -2.22. The molecule has 0 spiro atoms. The van der Waals surface area contributed by atoms with Gasteiger partial charge in [0.15, 0.2) is 0 Å². The van der Waals surface area contributed by atoms with Crippen molar-refractivity contribution in [2.24, 2.45) is 5.92 Å². The zero-order chi connectivity index (χ0) is 12.3. The van der Waals surface area contributed by atoms with Gasteiger partial charge in [0.2, 0.25) is 0 Å². The Bertz CT molecular complexity index is 362. The lowest BCUT2D eigenvalue weighted by Crippen LogP contribution is -2.27. The molecule has 0 amide bonds. The van der Waals surface area contributed by atoms with Crippen molar-refractivity contribution in [1.29, 1.82) is 0 Å². The SMILES string of the molecule is CCC(C)C(=O)O[C@@H]1CCC[C@H]1n1cccn1. The van der Waals surface area contributed by atoms with Crippen LogP contribution in [0.1, 0.15) is 45.6 Å². The Balaban J connectivity index is 1.98. The number of hydrogen-bond acceptors (Lipinski definition) is 3. The molecule has 0 aromatic carbocycles. The standard InChI is InChI=1S/C13H20N2O2/c1-3-10(2)13(16)17-12-7-4-6-11(12)15-9-5-8-14-15/h5,8-12H,3-4,6-7H2,1-2H3/t10?,11-,12-/m1/s1. The van der Waals surface area contributed by atoms with Crippen molar-refractivity contribution in [3.05, 3.63) is 18.5 Å². The molecular formula is C13H20N2O2. The van der Waals surface area contributed by atoms with E-state index in [9.17, 15) is 4.79 Å². The fourth-order valence-corrected chi connectivity index (χ4v) is 2.26. The number of aromatic nitrogens is 2. The summed E-state index contributed by atoms with van der Waals surface area (Å²) in [6, 6.07) is 2.13. The average molecular weight is 236 g/mol. The van der Waals surface area contributed by atoms with Gasteiger partial charge in [-0.25, -0.2) is 0 Å². The van der Waals surface area contributed by atoms with Crippen LogP contribution in [0.4, 0.5) is 0 Å². The summed E-state index contributed by atoms with van der Waals surface area (Å²) >= 11 is 0. The lowest BCUT2D eigenvalue weighted by molar-refractivity contribution is -0.155. The van der Waals surface area contributed by atoms with Gasteiger partial charge in [0, 0.05) is 12.4 Å². The van der Waals surface area contributed by atoms with Crippen LogP contribution in [0, 0.1) is 5.92 Å². The van der Waals surface area contributed by atoms with Gasteiger partial charge in [0.05, 0.1) is 12.0 Å². The van der Waals surface area contributed by atoms with E-state index in [0.29, 0.717) is 0 Å². The topological polar surface area (TPSA) is 44.1 Å². The fraction of sp³-hybridized carbons (Fsp3) is 0.692. The number of carbonyl (C=O) groups excluding carboxylic acids is 1. The largest absolute Gasteiger partial charge is 0.460 e. The molecule has 0 aliphatic heterocycles. The van der Waals surface area contributed by atoms with Gasteiger partial charge < -0.3 is 4.74 Å². The molecule has 1 aromatic heterocycles. The molecule has 17 heavy (non-hydrogen) atoms. The van der Waals surface area contributed by atoms with E-state index >= 15 is 0 Å². The van der Waals surface area contributed by atoms with Crippen LogP contribution in [-0.2, 0) is 9.53 Å². The number of hydrogen-bond donors (Lipinski definition) is 0. The van der Waals surface area contributed by atoms with E-state index in [4.69, 9.17) is 4.74 Å².